The van der Waals surface area contributed by atoms with Gasteiger partial charge < -0.3 is 11.1 Å². The van der Waals surface area contributed by atoms with Crippen LogP contribution in [0.3, 0.4) is 0 Å². The smallest absolute Gasteiger partial charge is 0.237 e. The lowest BCUT2D eigenvalue weighted by Crippen LogP contribution is -2.44. The highest BCUT2D eigenvalue weighted by molar-refractivity contribution is 7.84. The van der Waals surface area contributed by atoms with Gasteiger partial charge in [0, 0.05) is 28.9 Å². The highest BCUT2D eigenvalue weighted by Gasteiger charge is 2.16. The fourth-order valence-corrected chi connectivity index (χ4v) is 1.47. The van der Waals surface area contributed by atoms with Crippen molar-refractivity contribution in [3.8, 4) is 0 Å². The molecule has 5 heteroatoms. The Morgan fingerprint density at radius 1 is 1.50 bits per heavy atom. The highest BCUT2D eigenvalue weighted by atomic mass is 32.2. The van der Waals surface area contributed by atoms with E-state index in [-0.39, 0.29) is 11.8 Å². The van der Waals surface area contributed by atoms with E-state index in [2.05, 4.69) is 5.32 Å². The maximum atomic E-state index is 11.3. The van der Waals surface area contributed by atoms with Crippen LogP contribution in [-0.4, -0.2) is 34.2 Å². The molecule has 0 aliphatic heterocycles. The summed E-state index contributed by atoms with van der Waals surface area (Å²) < 4.78 is 11.0. The van der Waals surface area contributed by atoms with Crippen LogP contribution in [0.15, 0.2) is 0 Å². The predicted octanol–water partition coefficient (Wildman–Crippen LogP) is -0.145. The lowest BCUT2D eigenvalue weighted by Gasteiger charge is -2.14. The van der Waals surface area contributed by atoms with Gasteiger partial charge in [0.15, 0.2) is 0 Å². The van der Waals surface area contributed by atoms with Gasteiger partial charge >= 0.3 is 0 Å². The molecule has 0 aromatic heterocycles. The summed E-state index contributed by atoms with van der Waals surface area (Å²) in [5.74, 6) is 1.11. The molecule has 0 aromatic carbocycles. The van der Waals surface area contributed by atoms with Gasteiger partial charge in [-0.05, 0) is 5.92 Å². The van der Waals surface area contributed by atoms with Gasteiger partial charge in [-0.1, -0.05) is 20.8 Å². The molecule has 1 amide bonds. The van der Waals surface area contributed by atoms with E-state index in [9.17, 15) is 9.00 Å². The van der Waals surface area contributed by atoms with Crippen LogP contribution in [0.4, 0.5) is 0 Å². The molecular formula is C9H20N2O2S. The molecule has 84 valence electrons. The van der Waals surface area contributed by atoms with Gasteiger partial charge in [0.1, 0.15) is 0 Å². The third-order valence-corrected chi connectivity index (χ3v) is 3.28. The molecule has 0 aliphatic rings. The van der Waals surface area contributed by atoms with E-state index in [0.29, 0.717) is 18.1 Å². The molecule has 0 heterocycles. The van der Waals surface area contributed by atoms with Crippen LogP contribution < -0.4 is 11.1 Å². The Morgan fingerprint density at radius 2 is 2.07 bits per heavy atom. The van der Waals surface area contributed by atoms with Crippen molar-refractivity contribution < 1.29 is 9.00 Å². The van der Waals surface area contributed by atoms with Crippen molar-refractivity contribution in [1.29, 1.82) is 0 Å². The summed E-state index contributed by atoms with van der Waals surface area (Å²) in [5, 5.41) is 2.67. The van der Waals surface area contributed by atoms with Crippen LogP contribution in [-0.2, 0) is 15.6 Å². The van der Waals surface area contributed by atoms with Gasteiger partial charge in [0.05, 0.1) is 6.04 Å². The maximum Gasteiger partial charge on any atom is 0.237 e. The van der Waals surface area contributed by atoms with Crippen molar-refractivity contribution in [3.63, 3.8) is 0 Å². The minimum Gasteiger partial charge on any atom is -0.354 e. The van der Waals surface area contributed by atoms with Crippen molar-refractivity contribution in [2.24, 2.45) is 11.7 Å². The van der Waals surface area contributed by atoms with Gasteiger partial charge in [-0.25, -0.2) is 0 Å². The van der Waals surface area contributed by atoms with Crippen LogP contribution in [0.25, 0.3) is 0 Å². The van der Waals surface area contributed by atoms with Gasteiger partial charge in [-0.15, -0.1) is 0 Å². The van der Waals surface area contributed by atoms with E-state index in [0.717, 1.165) is 0 Å². The normalized spacial score (nSPS) is 15.2. The third-order valence-electron chi connectivity index (χ3n) is 1.97. The quantitative estimate of drug-likeness (QED) is 0.654. The van der Waals surface area contributed by atoms with Gasteiger partial charge in [-0.3, -0.25) is 9.00 Å². The molecule has 0 aromatic rings. The van der Waals surface area contributed by atoms with Gasteiger partial charge in [0.25, 0.3) is 0 Å². The second kappa shape index (κ2) is 6.95. The zero-order valence-corrected chi connectivity index (χ0v) is 9.89. The highest BCUT2D eigenvalue weighted by Crippen LogP contribution is 1.97. The number of nitrogens with two attached hydrogens (primary N) is 1. The summed E-state index contributed by atoms with van der Waals surface area (Å²) in [6.07, 6.45) is 0. The molecule has 0 fully saturated rings. The SMILES string of the molecule is CCS(=O)CCNC(=O)[C@@H](N)C(C)C. The first-order valence-electron chi connectivity index (χ1n) is 4.87. The molecule has 0 rings (SSSR count). The van der Waals surface area contributed by atoms with Crippen molar-refractivity contribution in [2.75, 3.05) is 18.1 Å². The Labute approximate surface area is 88.1 Å². The predicted molar refractivity (Wildman–Crippen MR) is 59.4 cm³/mol. The summed E-state index contributed by atoms with van der Waals surface area (Å²) in [6, 6.07) is -0.468. The Morgan fingerprint density at radius 3 is 2.50 bits per heavy atom. The molecule has 0 saturated carbocycles. The molecule has 0 aliphatic carbocycles. The summed E-state index contributed by atoms with van der Waals surface area (Å²) in [5.41, 5.74) is 5.62. The van der Waals surface area contributed by atoms with Crippen LogP contribution >= 0.6 is 0 Å². The third kappa shape index (κ3) is 5.34. The van der Waals surface area contributed by atoms with E-state index in [4.69, 9.17) is 5.73 Å². The average molecular weight is 220 g/mol. The lowest BCUT2D eigenvalue weighted by atomic mass is 10.1. The number of hydrogen-bond donors (Lipinski definition) is 2. The van der Waals surface area contributed by atoms with Crippen molar-refractivity contribution >= 4 is 16.7 Å². The van der Waals surface area contributed by atoms with E-state index < -0.39 is 16.8 Å². The Hall–Kier alpha value is -0.420. The van der Waals surface area contributed by atoms with E-state index in [1.807, 2.05) is 20.8 Å². The van der Waals surface area contributed by atoms with E-state index in [1.54, 1.807) is 0 Å². The zero-order valence-electron chi connectivity index (χ0n) is 9.08. The number of carbonyl (C=O) groups excluding carboxylic acids is 1. The summed E-state index contributed by atoms with van der Waals surface area (Å²) in [4.78, 5) is 11.3. The number of nitrogens with one attached hydrogen (secondary N) is 1. The monoisotopic (exact) mass is 220 g/mol. The van der Waals surface area contributed by atoms with Crippen LogP contribution in [0.2, 0.25) is 0 Å². The molecule has 0 spiro atoms. The molecule has 0 saturated heterocycles. The Bertz CT molecular complexity index is 207. The first-order valence-corrected chi connectivity index (χ1v) is 6.36. The molecule has 0 radical (unpaired) electrons. The van der Waals surface area contributed by atoms with Crippen LogP contribution in [0, 0.1) is 5.92 Å². The van der Waals surface area contributed by atoms with E-state index >= 15 is 0 Å². The van der Waals surface area contributed by atoms with Gasteiger partial charge in [0.2, 0.25) is 5.91 Å². The summed E-state index contributed by atoms with van der Waals surface area (Å²) in [7, 11) is -0.823. The number of carbonyl (C=O) groups is 1. The van der Waals surface area contributed by atoms with Crippen molar-refractivity contribution in [3.05, 3.63) is 0 Å². The first-order chi connectivity index (χ1) is 6.49. The fraction of sp³-hybridized carbons (Fsp3) is 0.889. The van der Waals surface area contributed by atoms with Gasteiger partial charge in [-0.2, -0.15) is 0 Å². The number of hydrogen-bond acceptors (Lipinski definition) is 3. The van der Waals surface area contributed by atoms with Crippen molar-refractivity contribution in [1.82, 2.24) is 5.32 Å². The second-order valence-corrected chi connectivity index (χ2v) is 5.36. The fourth-order valence-electron chi connectivity index (χ4n) is 0.853. The molecule has 1 unspecified atom stereocenters. The molecule has 14 heavy (non-hydrogen) atoms. The van der Waals surface area contributed by atoms with E-state index in [1.165, 1.54) is 0 Å². The minimum atomic E-state index is -0.823. The molecule has 4 nitrogen and oxygen atoms in total. The molecule has 0 bridgehead atoms. The maximum absolute atomic E-state index is 11.3. The first kappa shape index (κ1) is 13.6. The summed E-state index contributed by atoms with van der Waals surface area (Å²) in [6.45, 7) is 6.10. The molecule has 2 atom stereocenters. The van der Waals surface area contributed by atoms with Crippen LogP contribution in [0.5, 0.6) is 0 Å². The van der Waals surface area contributed by atoms with Crippen molar-refractivity contribution in [2.45, 2.75) is 26.8 Å². The topological polar surface area (TPSA) is 72.2 Å². The largest absolute Gasteiger partial charge is 0.354 e. The van der Waals surface area contributed by atoms with Crippen LogP contribution in [0.1, 0.15) is 20.8 Å². The zero-order chi connectivity index (χ0) is 11.1. The molecular weight excluding hydrogens is 200 g/mol. The standard InChI is InChI=1S/C9H20N2O2S/c1-4-14(13)6-5-11-9(12)8(10)7(2)3/h7-8H,4-6,10H2,1-3H3,(H,11,12)/t8-,14?/m0/s1. The minimum absolute atomic E-state index is 0.131. The number of rotatable bonds is 6. The second-order valence-electron chi connectivity index (χ2n) is 3.49. The average Bonchev–Trinajstić information content (AvgIpc) is 2.15. The number of amides is 1. The Balaban J connectivity index is 3.69. The Kier molecular flexibility index (Phi) is 6.74. The summed E-state index contributed by atoms with van der Waals surface area (Å²) >= 11 is 0. The lowest BCUT2D eigenvalue weighted by molar-refractivity contribution is -0.123. The molecule has 3 N–H and O–H groups in total.